The van der Waals surface area contributed by atoms with Crippen LogP contribution in [0.15, 0.2) is 60.7 Å². The van der Waals surface area contributed by atoms with Crippen molar-refractivity contribution in [3.63, 3.8) is 0 Å². The Kier molecular flexibility index (Phi) is 7.44. The molecule has 0 saturated carbocycles. The van der Waals surface area contributed by atoms with Crippen LogP contribution in [0.4, 0.5) is 0 Å². The van der Waals surface area contributed by atoms with Gasteiger partial charge in [0.25, 0.3) is 0 Å². The van der Waals surface area contributed by atoms with E-state index < -0.39 is 0 Å². The average Bonchev–Trinajstić information content (AvgIpc) is 2.55. The molecular weight excluding hydrogens is 296 g/mol. The van der Waals surface area contributed by atoms with Crippen LogP contribution in [0, 0.1) is 0 Å². The SMILES string of the molecule is CC(C)N(Cc1ccccc1)CC(O)CN(C)Cc1ccccc1. The van der Waals surface area contributed by atoms with Gasteiger partial charge >= 0.3 is 0 Å². The van der Waals surface area contributed by atoms with E-state index in [2.05, 4.69) is 79.2 Å². The van der Waals surface area contributed by atoms with Crippen LogP contribution >= 0.6 is 0 Å². The van der Waals surface area contributed by atoms with E-state index in [9.17, 15) is 5.11 Å². The first-order valence-electron chi connectivity index (χ1n) is 8.73. The molecule has 130 valence electrons. The molecule has 1 unspecified atom stereocenters. The van der Waals surface area contributed by atoms with Crippen molar-refractivity contribution in [2.24, 2.45) is 0 Å². The fraction of sp³-hybridized carbons (Fsp3) is 0.429. The van der Waals surface area contributed by atoms with Gasteiger partial charge in [0.05, 0.1) is 6.10 Å². The standard InChI is InChI=1S/C21H30N2O/c1-18(2)23(15-20-12-8-5-9-13-20)17-21(24)16-22(3)14-19-10-6-4-7-11-19/h4-13,18,21,24H,14-17H2,1-3H3. The summed E-state index contributed by atoms with van der Waals surface area (Å²) in [6.07, 6.45) is -0.357. The first-order valence-corrected chi connectivity index (χ1v) is 8.73. The molecule has 3 nitrogen and oxygen atoms in total. The van der Waals surface area contributed by atoms with Gasteiger partial charge in [-0.15, -0.1) is 0 Å². The van der Waals surface area contributed by atoms with E-state index in [4.69, 9.17) is 0 Å². The van der Waals surface area contributed by atoms with Crippen LogP contribution in [0.3, 0.4) is 0 Å². The maximum atomic E-state index is 10.5. The van der Waals surface area contributed by atoms with Crippen molar-refractivity contribution >= 4 is 0 Å². The molecule has 1 N–H and O–H groups in total. The Morgan fingerprint density at radius 1 is 0.792 bits per heavy atom. The second-order valence-corrected chi connectivity index (χ2v) is 6.84. The van der Waals surface area contributed by atoms with Gasteiger partial charge in [-0.05, 0) is 32.0 Å². The van der Waals surface area contributed by atoms with Gasteiger partial charge in [-0.2, -0.15) is 0 Å². The van der Waals surface area contributed by atoms with Crippen molar-refractivity contribution in [3.8, 4) is 0 Å². The summed E-state index contributed by atoms with van der Waals surface area (Å²) >= 11 is 0. The van der Waals surface area contributed by atoms with E-state index in [-0.39, 0.29) is 6.10 Å². The van der Waals surface area contributed by atoms with Crippen LogP contribution in [0.25, 0.3) is 0 Å². The number of aliphatic hydroxyl groups excluding tert-OH is 1. The van der Waals surface area contributed by atoms with Gasteiger partial charge in [0.2, 0.25) is 0 Å². The second kappa shape index (κ2) is 9.58. The van der Waals surface area contributed by atoms with Gasteiger partial charge in [-0.1, -0.05) is 60.7 Å². The van der Waals surface area contributed by atoms with Crippen molar-refractivity contribution in [1.82, 2.24) is 9.80 Å². The summed E-state index contributed by atoms with van der Waals surface area (Å²) < 4.78 is 0. The predicted molar refractivity (Wildman–Crippen MR) is 101 cm³/mol. The van der Waals surface area contributed by atoms with Crippen molar-refractivity contribution < 1.29 is 5.11 Å². The third-order valence-corrected chi connectivity index (χ3v) is 4.22. The van der Waals surface area contributed by atoms with Crippen molar-refractivity contribution in [2.45, 2.75) is 39.1 Å². The molecule has 0 bridgehead atoms. The molecule has 0 radical (unpaired) electrons. The first kappa shape index (κ1) is 18.7. The molecule has 24 heavy (non-hydrogen) atoms. The molecule has 2 rings (SSSR count). The zero-order valence-corrected chi connectivity index (χ0v) is 15.1. The second-order valence-electron chi connectivity index (χ2n) is 6.84. The van der Waals surface area contributed by atoms with E-state index in [1.54, 1.807) is 0 Å². The highest BCUT2D eigenvalue weighted by molar-refractivity contribution is 5.15. The number of rotatable bonds is 9. The Bertz CT molecular complexity index is 571. The Morgan fingerprint density at radius 3 is 1.79 bits per heavy atom. The van der Waals surface area contributed by atoms with Crippen LogP contribution in [-0.2, 0) is 13.1 Å². The fourth-order valence-corrected chi connectivity index (χ4v) is 2.92. The predicted octanol–water partition coefficient (Wildman–Crippen LogP) is 3.39. The van der Waals surface area contributed by atoms with Crippen LogP contribution in [0.1, 0.15) is 25.0 Å². The lowest BCUT2D eigenvalue weighted by atomic mass is 10.1. The van der Waals surface area contributed by atoms with Gasteiger partial charge < -0.3 is 5.11 Å². The summed E-state index contributed by atoms with van der Waals surface area (Å²) in [5, 5.41) is 10.5. The third-order valence-electron chi connectivity index (χ3n) is 4.22. The molecule has 0 aromatic heterocycles. The minimum absolute atomic E-state index is 0.357. The highest BCUT2D eigenvalue weighted by atomic mass is 16.3. The first-order chi connectivity index (χ1) is 11.5. The van der Waals surface area contributed by atoms with Crippen molar-refractivity contribution in [3.05, 3.63) is 71.8 Å². The molecule has 0 spiro atoms. The molecule has 2 aromatic rings. The molecule has 0 amide bonds. The van der Waals surface area contributed by atoms with Crippen LogP contribution in [0.2, 0.25) is 0 Å². The maximum absolute atomic E-state index is 10.5. The van der Waals surface area contributed by atoms with Crippen molar-refractivity contribution in [2.75, 3.05) is 20.1 Å². The topological polar surface area (TPSA) is 26.7 Å². The van der Waals surface area contributed by atoms with Gasteiger partial charge in [-0.25, -0.2) is 0 Å². The number of benzene rings is 2. The number of hydrogen-bond acceptors (Lipinski definition) is 3. The molecular formula is C21H30N2O. The summed E-state index contributed by atoms with van der Waals surface area (Å²) in [6.45, 7) is 7.46. The number of hydrogen-bond donors (Lipinski definition) is 1. The molecule has 0 aliphatic heterocycles. The fourth-order valence-electron chi connectivity index (χ4n) is 2.92. The molecule has 1 atom stereocenters. The molecule has 0 fully saturated rings. The minimum Gasteiger partial charge on any atom is -0.390 e. The molecule has 0 aliphatic carbocycles. The van der Waals surface area contributed by atoms with Crippen LogP contribution in [-0.4, -0.2) is 47.2 Å². The van der Waals surface area contributed by atoms with Gasteiger partial charge in [-0.3, -0.25) is 9.80 Å². The molecule has 0 aliphatic rings. The Balaban J connectivity index is 1.84. The normalized spacial score (nSPS) is 13.0. The van der Waals surface area contributed by atoms with Crippen LogP contribution < -0.4 is 0 Å². The zero-order chi connectivity index (χ0) is 17.4. The lowest BCUT2D eigenvalue weighted by Gasteiger charge is -2.30. The number of likely N-dealkylation sites (N-methyl/N-ethyl adjacent to an activating group) is 1. The summed E-state index contributed by atoms with van der Waals surface area (Å²) in [5.41, 5.74) is 2.56. The summed E-state index contributed by atoms with van der Waals surface area (Å²) in [7, 11) is 2.06. The van der Waals surface area contributed by atoms with E-state index in [1.807, 2.05) is 12.1 Å². The third kappa shape index (κ3) is 6.44. The minimum atomic E-state index is -0.357. The van der Waals surface area contributed by atoms with E-state index in [0.717, 1.165) is 13.1 Å². The largest absolute Gasteiger partial charge is 0.390 e. The lowest BCUT2D eigenvalue weighted by Crippen LogP contribution is -2.41. The van der Waals surface area contributed by atoms with Crippen LogP contribution in [0.5, 0.6) is 0 Å². The van der Waals surface area contributed by atoms with E-state index >= 15 is 0 Å². The zero-order valence-electron chi connectivity index (χ0n) is 15.1. The lowest BCUT2D eigenvalue weighted by molar-refractivity contribution is 0.0645. The molecule has 3 heteroatoms. The van der Waals surface area contributed by atoms with Gasteiger partial charge in [0.1, 0.15) is 0 Å². The molecule has 0 heterocycles. The van der Waals surface area contributed by atoms with E-state index in [1.165, 1.54) is 11.1 Å². The Labute approximate surface area is 146 Å². The highest BCUT2D eigenvalue weighted by Gasteiger charge is 2.16. The molecule has 2 aromatic carbocycles. The Morgan fingerprint density at radius 2 is 1.29 bits per heavy atom. The van der Waals surface area contributed by atoms with Gasteiger partial charge in [0.15, 0.2) is 0 Å². The summed E-state index contributed by atoms with van der Waals surface area (Å²) in [5.74, 6) is 0. The summed E-state index contributed by atoms with van der Waals surface area (Å²) in [6, 6.07) is 21.2. The van der Waals surface area contributed by atoms with Crippen molar-refractivity contribution in [1.29, 1.82) is 0 Å². The van der Waals surface area contributed by atoms with E-state index in [0.29, 0.717) is 19.1 Å². The smallest absolute Gasteiger partial charge is 0.0794 e. The average molecular weight is 326 g/mol. The summed E-state index contributed by atoms with van der Waals surface area (Å²) in [4.78, 5) is 4.51. The Hall–Kier alpha value is -1.68. The maximum Gasteiger partial charge on any atom is 0.0794 e. The molecule has 0 saturated heterocycles. The number of aliphatic hydroxyl groups is 1. The monoisotopic (exact) mass is 326 g/mol. The number of nitrogens with zero attached hydrogens (tertiary/aromatic N) is 2. The quantitative estimate of drug-likeness (QED) is 0.765. The van der Waals surface area contributed by atoms with Gasteiger partial charge in [0, 0.05) is 32.2 Å². The highest BCUT2D eigenvalue weighted by Crippen LogP contribution is 2.10.